The van der Waals surface area contributed by atoms with E-state index < -0.39 is 0 Å². The van der Waals surface area contributed by atoms with Gasteiger partial charge in [0.15, 0.2) is 0 Å². The van der Waals surface area contributed by atoms with Gasteiger partial charge in [-0.1, -0.05) is 11.8 Å². The number of ether oxygens (including phenoxy) is 2. The van der Waals surface area contributed by atoms with E-state index in [0.29, 0.717) is 24.3 Å². The van der Waals surface area contributed by atoms with E-state index in [1.54, 1.807) is 6.07 Å². The van der Waals surface area contributed by atoms with Crippen molar-refractivity contribution in [2.24, 2.45) is 0 Å². The van der Waals surface area contributed by atoms with Gasteiger partial charge >= 0.3 is 0 Å². The topological polar surface area (TPSA) is 38.7 Å². The molecule has 0 aliphatic carbocycles. The van der Waals surface area contributed by atoms with Gasteiger partial charge in [0.05, 0.1) is 13.2 Å². The zero-order chi connectivity index (χ0) is 13.5. The van der Waals surface area contributed by atoms with Crippen molar-refractivity contribution >= 4 is 0 Å². The Kier molecular flexibility index (Phi) is 5.20. The number of hydrogen-bond donors (Lipinski definition) is 1. The van der Waals surface area contributed by atoms with E-state index in [1.165, 1.54) is 12.1 Å². The monoisotopic (exact) mass is 264 g/mol. The lowest BCUT2D eigenvalue weighted by Crippen LogP contribution is -2.28. The molecule has 1 aromatic rings. The maximum Gasteiger partial charge on any atom is 0.128 e. The maximum atomic E-state index is 13.5. The van der Waals surface area contributed by atoms with Crippen LogP contribution in [0.1, 0.15) is 24.8 Å². The van der Waals surface area contributed by atoms with Crippen LogP contribution in [0.15, 0.2) is 18.2 Å². The van der Waals surface area contributed by atoms with Gasteiger partial charge in [0, 0.05) is 24.7 Å². The van der Waals surface area contributed by atoms with E-state index >= 15 is 0 Å². The number of aliphatic hydroxyl groups is 1. The summed E-state index contributed by atoms with van der Waals surface area (Å²) in [4.78, 5) is 0. The van der Waals surface area contributed by atoms with Gasteiger partial charge in [0.2, 0.25) is 0 Å². The SMILES string of the molecule is OCCC#Cc1cc(F)cc(OC2CCCOC2)c1. The minimum atomic E-state index is -0.373. The molecular formula is C15H17FO3. The molecule has 1 aliphatic rings. The summed E-state index contributed by atoms with van der Waals surface area (Å²) in [7, 11) is 0. The summed E-state index contributed by atoms with van der Waals surface area (Å²) in [5, 5.41) is 8.65. The largest absolute Gasteiger partial charge is 0.488 e. The fraction of sp³-hybridized carbons (Fsp3) is 0.467. The number of halogens is 1. The predicted molar refractivity (Wildman–Crippen MR) is 69.4 cm³/mol. The van der Waals surface area contributed by atoms with Crippen molar-refractivity contribution in [3.63, 3.8) is 0 Å². The standard InChI is InChI=1S/C15H17FO3/c16-13-8-12(4-1-2-6-17)9-15(10-13)19-14-5-3-7-18-11-14/h8-10,14,17H,2-3,5-7,11H2. The zero-order valence-corrected chi connectivity index (χ0v) is 10.7. The molecule has 1 aromatic carbocycles. The predicted octanol–water partition coefficient (Wildman–Crippen LogP) is 2.12. The Bertz CT molecular complexity index is 470. The van der Waals surface area contributed by atoms with Crippen molar-refractivity contribution in [3.8, 4) is 17.6 Å². The molecule has 1 atom stereocenters. The average molecular weight is 264 g/mol. The molecule has 102 valence electrons. The molecular weight excluding hydrogens is 247 g/mol. The van der Waals surface area contributed by atoms with Gasteiger partial charge in [-0.15, -0.1) is 0 Å². The quantitative estimate of drug-likeness (QED) is 0.850. The highest BCUT2D eigenvalue weighted by atomic mass is 19.1. The van der Waals surface area contributed by atoms with Crippen molar-refractivity contribution in [1.82, 2.24) is 0 Å². The van der Waals surface area contributed by atoms with E-state index in [0.717, 1.165) is 19.4 Å². The van der Waals surface area contributed by atoms with Gasteiger partial charge in [-0.2, -0.15) is 0 Å². The Morgan fingerprint density at radius 2 is 2.32 bits per heavy atom. The minimum Gasteiger partial charge on any atom is -0.488 e. The van der Waals surface area contributed by atoms with E-state index in [2.05, 4.69) is 11.8 Å². The normalized spacial score (nSPS) is 18.5. The van der Waals surface area contributed by atoms with Crippen molar-refractivity contribution in [1.29, 1.82) is 0 Å². The van der Waals surface area contributed by atoms with Crippen molar-refractivity contribution in [2.75, 3.05) is 19.8 Å². The molecule has 1 N–H and O–H groups in total. The molecule has 0 bridgehead atoms. The summed E-state index contributed by atoms with van der Waals surface area (Å²) in [6, 6.07) is 4.42. The molecule has 1 unspecified atom stereocenters. The Morgan fingerprint density at radius 1 is 1.42 bits per heavy atom. The molecule has 2 rings (SSSR count). The maximum absolute atomic E-state index is 13.5. The third-order valence-electron chi connectivity index (χ3n) is 2.76. The fourth-order valence-corrected chi connectivity index (χ4v) is 1.92. The van der Waals surface area contributed by atoms with Gasteiger partial charge < -0.3 is 14.6 Å². The second-order valence-corrected chi connectivity index (χ2v) is 4.41. The first-order valence-electron chi connectivity index (χ1n) is 6.42. The van der Waals surface area contributed by atoms with Crippen LogP contribution in [0, 0.1) is 17.7 Å². The molecule has 3 nitrogen and oxygen atoms in total. The van der Waals surface area contributed by atoms with Crippen LogP contribution < -0.4 is 4.74 Å². The molecule has 0 radical (unpaired) electrons. The highest BCUT2D eigenvalue weighted by Gasteiger charge is 2.15. The lowest BCUT2D eigenvalue weighted by Gasteiger charge is -2.23. The van der Waals surface area contributed by atoms with Crippen molar-refractivity contribution < 1.29 is 19.0 Å². The Labute approximate surface area is 112 Å². The zero-order valence-electron chi connectivity index (χ0n) is 10.7. The molecule has 1 heterocycles. The Balaban J connectivity index is 2.05. The van der Waals surface area contributed by atoms with Crippen LogP contribution >= 0.6 is 0 Å². The smallest absolute Gasteiger partial charge is 0.128 e. The molecule has 1 fully saturated rings. The number of benzene rings is 1. The van der Waals surface area contributed by atoms with Gasteiger partial charge in [-0.3, -0.25) is 0 Å². The first kappa shape index (κ1) is 13.9. The summed E-state index contributed by atoms with van der Waals surface area (Å²) in [6.07, 6.45) is 2.24. The van der Waals surface area contributed by atoms with Crippen LogP contribution in [-0.2, 0) is 4.74 Å². The molecule has 0 aromatic heterocycles. The van der Waals surface area contributed by atoms with Crippen molar-refractivity contribution in [3.05, 3.63) is 29.6 Å². The van der Waals surface area contributed by atoms with Gasteiger partial charge in [0.1, 0.15) is 17.7 Å². The number of hydrogen-bond acceptors (Lipinski definition) is 3. The van der Waals surface area contributed by atoms with Crippen LogP contribution in [0.4, 0.5) is 4.39 Å². The molecule has 0 spiro atoms. The first-order valence-corrected chi connectivity index (χ1v) is 6.42. The molecule has 0 saturated carbocycles. The molecule has 0 amide bonds. The summed E-state index contributed by atoms with van der Waals surface area (Å²) < 4.78 is 24.5. The highest BCUT2D eigenvalue weighted by Crippen LogP contribution is 2.20. The van der Waals surface area contributed by atoms with E-state index in [4.69, 9.17) is 14.6 Å². The third-order valence-corrected chi connectivity index (χ3v) is 2.76. The second kappa shape index (κ2) is 7.13. The van der Waals surface area contributed by atoms with Crippen LogP contribution in [0.25, 0.3) is 0 Å². The summed E-state index contributed by atoms with van der Waals surface area (Å²) in [5.41, 5.74) is 0.556. The van der Waals surface area contributed by atoms with Crippen LogP contribution in [-0.4, -0.2) is 31.0 Å². The number of aliphatic hydroxyl groups excluding tert-OH is 1. The number of rotatable bonds is 3. The fourth-order valence-electron chi connectivity index (χ4n) is 1.92. The highest BCUT2D eigenvalue weighted by molar-refractivity contribution is 5.40. The Morgan fingerprint density at radius 3 is 3.05 bits per heavy atom. The molecule has 1 saturated heterocycles. The van der Waals surface area contributed by atoms with Gasteiger partial charge in [0.25, 0.3) is 0 Å². The molecule has 19 heavy (non-hydrogen) atoms. The van der Waals surface area contributed by atoms with E-state index in [9.17, 15) is 4.39 Å². The summed E-state index contributed by atoms with van der Waals surface area (Å²) in [6.45, 7) is 1.31. The van der Waals surface area contributed by atoms with Gasteiger partial charge in [-0.05, 0) is 25.0 Å². The second-order valence-electron chi connectivity index (χ2n) is 4.41. The molecule has 1 aliphatic heterocycles. The minimum absolute atomic E-state index is 0.00505. The Hall–Kier alpha value is -1.57. The van der Waals surface area contributed by atoms with Gasteiger partial charge in [-0.25, -0.2) is 4.39 Å². The average Bonchev–Trinajstić information content (AvgIpc) is 2.39. The van der Waals surface area contributed by atoms with Crippen molar-refractivity contribution in [2.45, 2.75) is 25.4 Å². The van der Waals surface area contributed by atoms with Crippen LogP contribution in [0.2, 0.25) is 0 Å². The molecule has 4 heteroatoms. The lowest BCUT2D eigenvalue weighted by atomic mass is 10.1. The van der Waals surface area contributed by atoms with Crippen LogP contribution in [0.3, 0.4) is 0 Å². The van der Waals surface area contributed by atoms with E-state index in [-0.39, 0.29) is 18.5 Å². The third kappa shape index (κ3) is 4.55. The summed E-state index contributed by atoms with van der Waals surface area (Å²) >= 11 is 0. The first-order chi connectivity index (χ1) is 9.28. The lowest BCUT2D eigenvalue weighted by molar-refractivity contribution is 0.00730. The van der Waals surface area contributed by atoms with Crippen LogP contribution in [0.5, 0.6) is 5.75 Å². The van der Waals surface area contributed by atoms with E-state index in [1.807, 2.05) is 0 Å². The summed E-state index contributed by atoms with van der Waals surface area (Å²) in [5.74, 6) is 5.67.